The van der Waals surface area contributed by atoms with Gasteiger partial charge in [-0.05, 0) is 31.0 Å². The Morgan fingerprint density at radius 3 is 2.47 bits per heavy atom. The highest BCUT2D eigenvalue weighted by molar-refractivity contribution is 6.07. The molecule has 0 aliphatic heterocycles. The number of nitrogen functional groups attached to an aromatic ring is 1. The van der Waals surface area contributed by atoms with Crippen LogP contribution in [0.1, 0.15) is 49.9 Å². The van der Waals surface area contributed by atoms with Crippen LogP contribution in [0.3, 0.4) is 0 Å². The van der Waals surface area contributed by atoms with Gasteiger partial charge in [-0.2, -0.15) is 8.78 Å². The molecule has 0 bridgehead atoms. The molecule has 0 aliphatic rings. The predicted molar refractivity (Wildman–Crippen MR) is 117 cm³/mol. The fraction of sp³-hybridized carbons (Fsp3) is 0.476. The molecule has 32 heavy (non-hydrogen) atoms. The van der Waals surface area contributed by atoms with Crippen LogP contribution >= 0.6 is 0 Å². The normalized spacial score (nSPS) is 10.9. The molecule has 1 amide bonds. The van der Waals surface area contributed by atoms with E-state index in [1.807, 2.05) is 13.8 Å². The maximum Gasteiger partial charge on any atom is 0.387 e. The molecule has 0 unspecified atom stereocenters. The number of alkyl halides is 2. The molecule has 1 aromatic heterocycles. The molecule has 0 radical (unpaired) electrons. The van der Waals surface area contributed by atoms with Crippen molar-refractivity contribution in [3.8, 4) is 11.5 Å². The number of carbonyl (C=O) groups excluding carboxylic acids is 1. The van der Waals surface area contributed by atoms with Crippen molar-refractivity contribution in [2.24, 2.45) is 0 Å². The van der Waals surface area contributed by atoms with Gasteiger partial charge in [0.1, 0.15) is 5.82 Å². The third kappa shape index (κ3) is 5.65. The van der Waals surface area contributed by atoms with Crippen molar-refractivity contribution >= 4 is 17.4 Å². The summed E-state index contributed by atoms with van der Waals surface area (Å²) in [6, 6.07) is 3.72. The number of aromatic nitrogens is 2. The number of hydrogen-bond donors (Lipinski definition) is 2. The summed E-state index contributed by atoms with van der Waals surface area (Å²) in [4.78, 5) is 41.7. The molecule has 11 heteroatoms. The van der Waals surface area contributed by atoms with Crippen molar-refractivity contribution < 1.29 is 23.0 Å². The third-order valence-corrected chi connectivity index (χ3v) is 4.83. The molecule has 0 saturated carbocycles. The van der Waals surface area contributed by atoms with Crippen molar-refractivity contribution in [3.63, 3.8) is 0 Å². The van der Waals surface area contributed by atoms with Crippen LogP contribution in [-0.2, 0) is 6.54 Å². The number of methoxy groups -OCH3 is 1. The molecule has 0 fully saturated rings. The molecule has 9 nitrogen and oxygen atoms in total. The number of aromatic amines is 1. The maximum absolute atomic E-state index is 13.4. The molecule has 2 aromatic rings. The monoisotopic (exact) mass is 454 g/mol. The molecule has 1 aromatic carbocycles. The van der Waals surface area contributed by atoms with Gasteiger partial charge in [0.15, 0.2) is 17.2 Å². The van der Waals surface area contributed by atoms with Crippen LogP contribution in [0.4, 0.5) is 20.3 Å². The molecule has 0 atom stereocenters. The second kappa shape index (κ2) is 11.3. The van der Waals surface area contributed by atoms with Gasteiger partial charge in [0.2, 0.25) is 0 Å². The molecule has 0 aliphatic carbocycles. The highest BCUT2D eigenvalue weighted by Gasteiger charge is 2.26. The summed E-state index contributed by atoms with van der Waals surface area (Å²) in [7, 11) is 1.25. The number of carbonyl (C=O) groups is 1. The SMILES string of the molecule is CCCCN(C(=O)c1ccc(OC(F)F)c(OC)c1)c1c(N)n(CCCC)c(=O)[nH]c1=O. The van der Waals surface area contributed by atoms with Gasteiger partial charge in [0.05, 0.1) is 7.11 Å². The number of halogens is 2. The molecule has 1 heterocycles. The van der Waals surface area contributed by atoms with Gasteiger partial charge in [0.25, 0.3) is 11.5 Å². The number of anilines is 2. The average molecular weight is 454 g/mol. The number of nitrogens with two attached hydrogens (primary N) is 1. The van der Waals surface area contributed by atoms with Gasteiger partial charge in [0, 0.05) is 18.7 Å². The molecular formula is C21H28F2N4O5. The lowest BCUT2D eigenvalue weighted by Gasteiger charge is -2.25. The van der Waals surface area contributed by atoms with E-state index in [0.717, 1.165) is 12.8 Å². The third-order valence-electron chi connectivity index (χ3n) is 4.83. The van der Waals surface area contributed by atoms with Gasteiger partial charge in [-0.25, -0.2) is 4.79 Å². The van der Waals surface area contributed by atoms with E-state index in [-0.39, 0.29) is 41.7 Å². The minimum absolute atomic E-state index is 0.0682. The van der Waals surface area contributed by atoms with Gasteiger partial charge >= 0.3 is 12.3 Å². The Morgan fingerprint density at radius 1 is 1.19 bits per heavy atom. The molecule has 176 valence electrons. The zero-order valence-corrected chi connectivity index (χ0v) is 18.3. The van der Waals surface area contributed by atoms with E-state index in [9.17, 15) is 23.2 Å². The number of hydrogen-bond acceptors (Lipinski definition) is 6. The number of rotatable bonds is 11. The minimum Gasteiger partial charge on any atom is -0.493 e. The van der Waals surface area contributed by atoms with Gasteiger partial charge in [-0.15, -0.1) is 0 Å². The van der Waals surface area contributed by atoms with Crippen molar-refractivity contribution in [1.29, 1.82) is 0 Å². The first-order chi connectivity index (χ1) is 15.2. The standard InChI is InChI=1S/C21H28F2N4O5/c1-4-6-10-26(16-17(24)27(11-7-5-2)21(30)25-18(16)28)19(29)13-8-9-14(32-20(22)23)15(12-13)31-3/h8-9,12,20H,4-7,10-11,24H2,1-3H3,(H,25,28,30). The zero-order chi connectivity index (χ0) is 23.8. The van der Waals surface area contributed by atoms with E-state index in [1.165, 1.54) is 34.8 Å². The van der Waals surface area contributed by atoms with Crippen molar-refractivity contribution in [2.45, 2.75) is 52.7 Å². The highest BCUT2D eigenvalue weighted by Crippen LogP contribution is 2.31. The first kappa shape index (κ1) is 24.9. The summed E-state index contributed by atoms with van der Waals surface area (Å²) in [6.07, 6.45) is 2.73. The van der Waals surface area contributed by atoms with Crippen molar-refractivity contribution in [1.82, 2.24) is 9.55 Å². The predicted octanol–water partition coefficient (Wildman–Crippen LogP) is 2.98. The average Bonchev–Trinajstić information content (AvgIpc) is 2.75. The van der Waals surface area contributed by atoms with E-state index in [0.29, 0.717) is 12.8 Å². The van der Waals surface area contributed by atoms with Crippen LogP contribution in [0, 0.1) is 0 Å². The number of amides is 1. The fourth-order valence-corrected chi connectivity index (χ4v) is 3.16. The van der Waals surface area contributed by atoms with E-state index in [1.54, 1.807) is 0 Å². The Balaban J connectivity index is 2.57. The second-order valence-corrected chi connectivity index (χ2v) is 7.05. The Labute approximate surface area is 183 Å². The van der Waals surface area contributed by atoms with Crippen molar-refractivity contribution in [2.75, 3.05) is 24.3 Å². The van der Waals surface area contributed by atoms with Crippen LogP contribution in [0.15, 0.2) is 27.8 Å². The lowest BCUT2D eigenvalue weighted by Crippen LogP contribution is -2.41. The van der Waals surface area contributed by atoms with Gasteiger partial charge in [-0.3, -0.25) is 19.1 Å². The molecule has 3 N–H and O–H groups in total. The first-order valence-corrected chi connectivity index (χ1v) is 10.3. The summed E-state index contributed by atoms with van der Waals surface area (Å²) < 4.78 is 35.9. The maximum atomic E-state index is 13.4. The summed E-state index contributed by atoms with van der Waals surface area (Å²) >= 11 is 0. The van der Waals surface area contributed by atoms with Gasteiger partial charge < -0.3 is 20.1 Å². The molecular weight excluding hydrogens is 426 g/mol. The van der Waals surface area contributed by atoms with Crippen LogP contribution in [0.25, 0.3) is 0 Å². The number of ether oxygens (including phenoxy) is 2. The van der Waals surface area contributed by atoms with Crippen LogP contribution in [0.2, 0.25) is 0 Å². The Hall–Kier alpha value is -3.37. The quantitative estimate of drug-likeness (QED) is 0.539. The number of nitrogens with zero attached hydrogens (tertiary/aromatic N) is 2. The van der Waals surface area contributed by atoms with E-state index >= 15 is 0 Å². The topological polar surface area (TPSA) is 120 Å². The van der Waals surface area contributed by atoms with Crippen LogP contribution < -0.4 is 31.4 Å². The smallest absolute Gasteiger partial charge is 0.387 e. The van der Waals surface area contributed by atoms with E-state index in [4.69, 9.17) is 10.5 Å². The molecule has 2 rings (SSSR count). The highest BCUT2D eigenvalue weighted by atomic mass is 19.3. The minimum atomic E-state index is -3.06. The summed E-state index contributed by atoms with van der Waals surface area (Å²) in [5.74, 6) is -1.01. The Morgan fingerprint density at radius 2 is 1.88 bits per heavy atom. The first-order valence-electron chi connectivity index (χ1n) is 10.3. The number of benzene rings is 1. The lowest BCUT2D eigenvalue weighted by molar-refractivity contribution is -0.0512. The summed E-state index contributed by atoms with van der Waals surface area (Å²) in [6.45, 7) is 1.24. The zero-order valence-electron chi connectivity index (χ0n) is 18.3. The van der Waals surface area contributed by atoms with E-state index < -0.39 is 23.8 Å². The molecule has 0 saturated heterocycles. The second-order valence-electron chi connectivity index (χ2n) is 7.05. The fourth-order valence-electron chi connectivity index (χ4n) is 3.16. The largest absolute Gasteiger partial charge is 0.493 e. The Kier molecular flexibility index (Phi) is 8.80. The van der Waals surface area contributed by atoms with Gasteiger partial charge in [-0.1, -0.05) is 26.7 Å². The number of nitrogens with one attached hydrogen (secondary N) is 1. The summed E-state index contributed by atoms with van der Waals surface area (Å²) in [5, 5.41) is 0. The number of unbranched alkanes of at least 4 members (excludes halogenated alkanes) is 2. The Bertz CT molecular complexity index is 1050. The van der Waals surface area contributed by atoms with Crippen LogP contribution in [-0.4, -0.2) is 35.7 Å². The lowest BCUT2D eigenvalue weighted by atomic mass is 10.1. The van der Waals surface area contributed by atoms with Crippen molar-refractivity contribution in [3.05, 3.63) is 44.6 Å². The molecule has 0 spiro atoms. The van der Waals surface area contributed by atoms with E-state index in [2.05, 4.69) is 9.72 Å². The van der Waals surface area contributed by atoms with Crippen LogP contribution in [0.5, 0.6) is 11.5 Å². The number of H-pyrrole nitrogens is 1. The summed E-state index contributed by atoms with van der Waals surface area (Å²) in [5.41, 5.74) is 4.68.